The first-order chi connectivity index (χ1) is 61.5. The van der Waals surface area contributed by atoms with Gasteiger partial charge in [0.05, 0.1) is 23.1 Å². The van der Waals surface area contributed by atoms with Gasteiger partial charge in [-0.2, -0.15) is 0 Å². The molecule has 0 bridgehead atoms. The lowest BCUT2D eigenvalue weighted by atomic mass is 10.00. The second-order valence-corrected chi connectivity index (χ2v) is 35.3. The summed E-state index contributed by atoms with van der Waals surface area (Å²) >= 11 is 6.12. The van der Waals surface area contributed by atoms with Crippen LogP contribution in [0.3, 0.4) is 0 Å². The van der Waals surface area contributed by atoms with E-state index in [1.54, 1.807) is 147 Å². The van der Waals surface area contributed by atoms with E-state index >= 15 is 0 Å². The van der Waals surface area contributed by atoms with Gasteiger partial charge in [0.25, 0.3) is 0 Å². The Bertz CT molecular complexity index is 4590. The minimum Gasteiger partial charge on any atom is -0.506 e. The number of ether oxygens (including phenoxy) is 3. The van der Waals surface area contributed by atoms with E-state index in [0.29, 0.717) is 79.4 Å². The Hall–Kier alpha value is -11.0. The van der Waals surface area contributed by atoms with Crippen molar-refractivity contribution in [3.05, 3.63) is 176 Å². The van der Waals surface area contributed by atoms with Crippen LogP contribution in [0, 0.1) is 52.7 Å². The molecule has 0 spiro atoms. The summed E-state index contributed by atoms with van der Waals surface area (Å²) < 4.78 is 104. The lowest BCUT2D eigenvalue weighted by molar-refractivity contribution is -0.133. The number of hydrogen-bond acceptors (Lipinski definition) is 21. The average Bonchev–Trinajstić information content (AvgIpc) is 0.839. The molecular weight excluding hydrogens is 1720 g/mol. The summed E-state index contributed by atoms with van der Waals surface area (Å²) in [5.41, 5.74) is 3.07. The van der Waals surface area contributed by atoms with Gasteiger partial charge in [-0.3, -0.25) is 59.1 Å². The predicted octanol–water partition coefficient (Wildman–Crippen LogP) is 6.32. The molecule has 0 saturated heterocycles. The average molecular weight is 1850 g/mol. The minimum absolute atomic E-state index is 0.0126. The van der Waals surface area contributed by atoms with Crippen molar-refractivity contribution in [3.8, 4) is 34.5 Å². The molecular formula is C93H128ClF6N15O15. The smallest absolute Gasteiger partial charge is 0.243 e. The fraction of sp³-hybridized carbons (Fsp3) is 0.516. The van der Waals surface area contributed by atoms with Crippen LogP contribution in [0.5, 0.6) is 34.5 Å². The number of rotatable bonds is 15. The highest BCUT2D eigenvalue weighted by atomic mass is 35.5. The zero-order valence-corrected chi connectivity index (χ0v) is 77.2. The van der Waals surface area contributed by atoms with Crippen LogP contribution in [0.2, 0.25) is 5.02 Å². The third kappa shape index (κ3) is 33.4. The topological polar surface area (TPSA) is 396 Å². The first kappa shape index (κ1) is 106. The zero-order chi connectivity index (χ0) is 95.9. The molecule has 0 radical (unpaired) electrons. The number of aryl methyl sites for hydroxylation is 3. The van der Waals surface area contributed by atoms with E-state index in [2.05, 4.69) is 63.8 Å². The highest BCUT2D eigenvalue weighted by Gasteiger charge is 2.37. The van der Waals surface area contributed by atoms with Crippen molar-refractivity contribution in [1.29, 1.82) is 0 Å². The van der Waals surface area contributed by atoms with Crippen molar-refractivity contribution in [2.24, 2.45) is 17.8 Å². The standard InChI is InChI=1S/C31H43ClFN5O5.C31H42F3N5O5.C31H43F2N5O5/c1-18(2)27-31(42)36-25(16-38(4)5)29(40)34-13-7-9-21-8-6-10-23(33)28(21)43-17-19(3)35-24(30(41)37-27)15-20-11-12-26(39)22(32)14-20;1-17(2)26-31(43)37-25(15-39(4)5)29(41)35-11-7-9-20-8-6-10-21(32)28(20)44-16-18(3)36-24(30(42)38-26)14-19-12-22(33)27(40)23(34)13-19;1-18(2)27-31(42)36-25(16-38(4)5)29(40)34-13-7-9-21-8-6-10-22(32)28(21)43-17-19(3)35-24(30(41)37-27)15-20-11-12-26(39)23(33)14-20/h6,8,10-12,14,18-19,24-25,27,35,39H,7,9,13,15-17H2,1-5H3,(H,34,40)(H,36,42)(H,37,41);6,8,10,12-13,17-18,24-26,36,40H,7,9,11,14-16H2,1-5H3,(H,35,41)(H,37,43)(H,38,42);6,8,10-12,14,18-19,24-25,27,35,39H,7,9,13,15-17H2,1-5H3,(H,34,40)(H,36,42)(H,37,41)/t19-,24+,25-,27+;18-,24+,25-,26+;19-,24+,25-,27+/m000/s1. The lowest BCUT2D eigenvalue weighted by Gasteiger charge is -2.29. The second-order valence-electron chi connectivity index (χ2n) is 34.9. The van der Waals surface area contributed by atoms with E-state index in [1.807, 2.05) is 20.8 Å². The van der Waals surface area contributed by atoms with E-state index in [4.69, 9.17) is 25.8 Å². The van der Waals surface area contributed by atoms with Crippen LogP contribution in [0.1, 0.15) is 115 Å². The highest BCUT2D eigenvalue weighted by Crippen LogP contribution is 2.30. The summed E-state index contributed by atoms with van der Waals surface area (Å²) in [5.74, 6) is -11.6. The van der Waals surface area contributed by atoms with Gasteiger partial charge in [0.2, 0.25) is 53.2 Å². The van der Waals surface area contributed by atoms with Crippen molar-refractivity contribution >= 4 is 64.8 Å². The van der Waals surface area contributed by atoms with Gasteiger partial charge in [-0.05, 0) is 227 Å². The number of aromatic hydroxyl groups is 3. The van der Waals surface area contributed by atoms with Crippen LogP contribution in [0.4, 0.5) is 26.3 Å². The number of hydrogen-bond donors (Lipinski definition) is 15. The Kier molecular flexibility index (Phi) is 42.0. The van der Waals surface area contributed by atoms with E-state index in [1.165, 1.54) is 36.4 Å². The summed E-state index contributed by atoms with van der Waals surface area (Å²) in [4.78, 5) is 126. The van der Waals surface area contributed by atoms with E-state index in [9.17, 15) is 84.8 Å². The Morgan fingerprint density at radius 3 is 0.946 bits per heavy atom. The number of carbonyl (C=O) groups excluding carboxylic acids is 9. The number of carbonyl (C=O) groups is 9. The number of amides is 9. The first-order valence-electron chi connectivity index (χ1n) is 43.7. The van der Waals surface area contributed by atoms with Crippen LogP contribution < -0.4 is 78.0 Å². The van der Waals surface area contributed by atoms with Gasteiger partial charge in [0.1, 0.15) is 61.8 Å². The largest absolute Gasteiger partial charge is 0.506 e. The normalized spacial score (nSPS) is 22.9. The number of benzene rings is 6. The zero-order valence-electron chi connectivity index (χ0n) is 76.4. The number of nitrogens with one attached hydrogen (secondary N) is 12. The van der Waals surface area contributed by atoms with Crippen LogP contribution in [-0.4, -0.2) is 257 Å². The number of phenols is 3. The van der Waals surface area contributed by atoms with Gasteiger partial charge in [-0.25, -0.2) is 26.3 Å². The van der Waals surface area contributed by atoms with E-state index in [-0.39, 0.29) is 122 Å². The van der Waals surface area contributed by atoms with Gasteiger partial charge < -0.3 is 92.1 Å². The Balaban J connectivity index is 0.000000267. The number of fused-ring (bicyclic) bond motifs is 3. The number of likely N-dealkylation sites (N-methyl/N-ethyl adjacent to an activating group) is 3. The molecule has 6 aromatic rings. The third-order valence-electron chi connectivity index (χ3n) is 21.5. The maximum Gasteiger partial charge on any atom is 0.243 e. The van der Waals surface area contributed by atoms with Crippen LogP contribution in [0.25, 0.3) is 0 Å². The minimum atomic E-state index is -1.19. The maximum atomic E-state index is 14.8. The molecule has 0 saturated carbocycles. The van der Waals surface area contributed by atoms with Crippen molar-refractivity contribution in [1.82, 2.24) is 78.5 Å². The molecule has 0 fully saturated rings. The molecule has 37 heteroatoms. The fourth-order valence-electron chi connectivity index (χ4n) is 14.7. The maximum absolute atomic E-state index is 14.8. The van der Waals surface area contributed by atoms with Crippen molar-refractivity contribution in [2.75, 3.05) is 101 Å². The molecule has 3 aliphatic rings. The van der Waals surface area contributed by atoms with Gasteiger partial charge in [-0.1, -0.05) is 102 Å². The van der Waals surface area contributed by atoms with Gasteiger partial charge in [0.15, 0.2) is 63.7 Å². The molecule has 0 aromatic heterocycles. The number of phenolic OH excluding ortho intramolecular Hbond substituents is 3. The molecule has 3 aliphatic heterocycles. The molecule has 6 aromatic carbocycles. The summed E-state index contributed by atoms with van der Waals surface area (Å²) in [6.07, 6.45) is 2.81. The number of para-hydroxylation sites is 3. The molecule has 0 unspecified atom stereocenters. The summed E-state index contributed by atoms with van der Waals surface area (Å²) in [6.45, 7) is 17.5. The Morgan fingerprint density at radius 1 is 0.362 bits per heavy atom. The van der Waals surface area contributed by atoms with Crippen molar-refractivity contribution < 1.29 is 99.0 Å². The van der Waals surface area contributed by atoms with Gasteiger partial charge >= 0.3 is 0 Å². The molecule has 9 amide bonds. The summed E-state index contributed by atoms with van der Waals surface area (Å²) in [5, 5.41) is 63.9. The SMILES string of the molecule is CC(C)[C@H]1NC(=O)[C@@H](Cc2cc(F)c(O)c(F)c2)N[C@@H](C)COc2c(F)cccc2CCCNC(=O)[C@H](CN(C)C)NC1=O.CC(C)[C@H]1NC(=O)[C@@H](Cc2ccc(O)c(Cl)c2)N[C@@H](C)COc2c(F)cccc2CCCNC(=O)[C@H](CN(C)C)NC1=O.CC(C)[C@H]1NC(=O)[C@@H](Cc2ccc(O)c(F)c2)N[C@@H](C)COc2c(F)cccc2CCCNC(=O)[C@H](CN(C)C)NC1=O. The number of nitrogens with zero attached hydrogens (tertiary/aromatic N) is 3. The Morgan fingerprint density at radius 2 is 0.654 bits per heavy atom. The van der Waals surface area contributed by atoms with E-state index in [0.717, 1.165) is 18.2 Å². The second kappa shape index (κ2) is 51.5. The Labute approximate surface area is 761 Å². The van der Waals surface area contributed by atoms with Crippen LogP contribution in [-0.2, 0) is 81.7 Å². The quantitative estimate of drug-likeness (QED) is 0.0500. The summed E-state index contributed by atoms with van der Waals surface area (Å²) in [6, 6.07) is 14.3. The fourth-order valence-corrected chi connectivity index (χ4v) is 14.9. The van der Waals surface area contributed by atoms with Gasteiger partial charge in [-0.15, -0.1) is 0 Å². The summed E-state index contributed by atoms with van der Waals surface area (Å²) in [7, 11) is 10.7. The van der Waals surface area contributed by atoms with Crippen molar-refractivity contribution in [2.45, 2.75) is 193 Å². The number of halogens is 7. The molecule has 3 heterocycles. The molecule has 0 aliphatic carbocycles. The predicted molar refractivity (Wildman–Crippen MR) is 481 cm³/mol. The van der Waals surface area contributed by atoms with Gasteiger partial charge in [0, 0.05) is 57.4 Å². The lowest BCUT2D eigenvalue weighted by Crippen LogP contribution is -2.60. The first-order valence-corrected chi connectivity index (χ1v) is 44.0. The molecule has 30 nitrogen and oxygen atoms in total. The highest BCUT2D eigenvalue weighted by molar-refractivity contribution is 6.32. The monoisotopic (exact) mass is 1840 g/mol. The molecule has 130 heavy (non-hydrogen) atoms. The van der Waals surface area contributed by atoms with Crippen LogP contribution >= 0.6 is 11.6 Å². The van der Waals surface area contributed by atoms with E-state index < -0.39 is 166 Å². The van der Waals surface area contributed by atoms with Crippen LogP contribution in [0.15, 0.2) is 103 Å². The molecule has 12 atom stereocenters. The molecule has 9 rings (SSSR count). The van der Waals surface area contributed by atoms with Crippen molar-refractivity contribution in [3.63, 3.8) is 0 Å². The third-order valence-corrected chi connectivity index (χ3v) is 21.8. The molecule has 714 valence electrons. The molecule has 15 N–H and O–H groups in total.